The number of aromatic hydroxyl groups is 1. The minimum atomic E-state index is -1.36. The van der Waals surface area contributed by atoms with E-state index in [9.17, 15) is 24.6 Å². The van der Waals surface area contributed by atoms with Gasteiger partial charge in [0.05, 0.1) is 6.61 Å². The Labute approximate surface area is 206 Å². The normalized spacial score (nSPS) is 12.9. The van der Waals surface area contributed by atoms with Gasteiger partial charge in [0.15, 0.2) is 0 Å². The van der Waals surface area contributed by atoms with E-state index in [-0.39, 0.29) is 17.9 Å². The van der Waals surface area contributed by atoms with Gasteiger partial charge >= 0.3 is 6.09 Å². The summed E-state index contributed by atoms with van der Waals surface area (Å²) in [6, 6.07) is 9.53. The number of hydrogen-bond donors (Lipinski definition) is 4. The number of likely N-dealkylation sites (N-methyl/N-ethyl adjacent to an activating group) is 1. The number of aliphatic hydroxyl groups excluding tert-OH is 1. The molecule has 0 spiro atoms. The van der Waals surface area contributed by atoms with Gasteiger partial charge in [0.2, 0.25) is 5.91 Å². The average molecular weight is 486 g/mol. The molecule has 0 saturated heterocycles. The number of alkyl carbamates (subject to hydrolysis) is 1. The van der Waals surface area contributed by atoms with Crippen LogP contribution in [-0.4, -0.2) is 57.8 Å². The number of amides is 3. The standard InChI is InChI=1S/C26H35N3O6/c1-7-29(24(33)20(15-30)28-25(34)35-26(4,5)6)21(18-13-10-12-17(3)22(18)31)23(32)27-19-14-9-8-11-16(19)2/h8-14,20-21,30-31H,7,15H2,1-6H3,(H,27,32)(H,28,34). The maximum absolute atomic E-state index is 13.6. The summed E-state index contributed by atoms with van der Waals surface area (Å²) in [5.74, 6) is -1.37. The van der Waals surface area contributed by atoms with Crippen LogP contribution in [0.1, 0.15) is 50.4 Å². The van der Waals surface area contributed by atoms with E-state index in [0.29, 0.717) is 11.3 Å². The van der Waals surface area contributed by atoms with Crippen molar-refractivity contribution in [2.45, 2.75) is 59.2 Å². The Morgan fingerprint density at radius 3 is 2.23 bits per heavy atom. The zero-order chi connectivity index (χ0) is 26.3. The summed E-state index contributed by atoms with van der Waals surface area (Å²) in [5.41, 5.74) is 1.33. The first kappa shape index (κ1) is 27.7. The Hall–Kier alpha value is -3.59. The van der Waals surface area contributed by atoms with Gasteiger partial charge in [0.1, 0.15) is 23.4 Å². The van der Waals surface area contributed by atoms with Gasteiger partial charge < -0.3 is 30.5 Å². The van der Waals surface area contributed by atoms with E-state index in [4.69, 9.17) is 4.74 Å². The second-order valence-electron chi connectivity index (χ2n) is 9.23. The lowest BCUT2D eigenvalue weighted by Gasteiger charge is -2.33. The summed E-state index contributed by atoms with van der Waals surface area (Å²) < 4.78 is 5.20. The van der Waals surface area contributed by atoms with Crippen LogP contribution >= 0.6 is 0 Å². The topological polar surface area (TPSA) is 128 Å². The van der Waals surface area contributed by atoms with Crippen molar-refractivity contribution in [1.29, 1.82) is 0 Å². The second-order valence-corrected chi connectivity index (χ2v) is 9.23. The van der Waals surface area contributed by atoms with Gasteiger partial charge in [-0.15, -0.1) is 0 Å². The molecule has 3 amide bonds. The quantitative estimate of drug-likeness (QED) is 0.454. The Balaban J connectivity index is 2.46. The Kier molecular flexibility index (Phi) is 9.25. The number of phenolic OH excluding ortho intramolecular Hbond substituents is 1. The summed E-state index contributed by atoms with van der Waals surface area (Å²) in [6.45, 7) is 9.57. The van der Waals surface area contributed by atoms with Crippen molar-refractivity contribution in [3.63, 3.8) is 0 Å². The lowest BCUT2D eigenvalue weighted by molar-refractivity contribution is -0.141. The first-order valence-corrected chi connectivity index (χ1v) is 11.4. The third kappa shape index (κ3) is 7.19. The first-order valence-electron chi connectivity index (χ1n) is 11.4. The van der Waals surface area contributed by atoms with E-state index >= 15 is 0 Å². The molecule has 0 radical (unpaired) electrons. The summed E-state index contributed by atoms with van der Waals surface area (Å²) >= 11 is 0. The number of para-hydroxylation sites is 2. The summed E-state index contributed by atoms with van der Waals surface area (Å²) in [7, 11) is 0. The van der Waals surface area contributed by atoms with Gasteiger partial charge in [-0.2, -0.15) is 0 Å². The van der Waals surface area contributed by atoms with Crippen LogP contribution in [0.25, 0.3) is 0 Å². The molecule has 190 valence electrons. The number of anilines is 1. The van der Waals surface area contributed by atoms with Crippen molar-refractivity contribution in [1.82, 2.24) is 10.2 Å². The molecule has 0 saturated carbocycles. The van der Waals surface area contributed by atoms with Gasteiger partial charge in [-0.1, -0.05) is 36.4 Å². The molecule has 2 aromatic carbocycles. The number of hydrogen-bond acceptors (Lipinski definition) is 6. The van der Waals surface area contributed by atoms with Crippen LogP contribution in [0.4, 0.5) is 10.5 Å². The molecule has 35 heavy (non-hydrogen) atoms. The Morgan fingerprint density at radius 1 is 1.03 bits per heavy atom. The van der Waals surface area contributed by atoms with Gasteiger partial charge in [0, 0.05) is 17.8 Å². The number of nitrogens with one attached hydrogen (secondary N) is 2. The highest BCUT2D eigenvalue weighted by atomic mass is 16.6. The van der Waals surface area contributed by atoms with Crippen LogP contribution in [0.3, 0.4) is 0 Å². The van der Waals surface area contributed by atoms with Gasteiger partial charge in [-0.05, 0) is 58.7 Å². The van der Waals surface area contributed by atoms with Crippen LogP contribution in [0.15, 0.2) is 42.5 Å². The predicted octanol–water partition coefficient (Wildman–Crippen LogP) is 3.42. The molecule has 2 rings (SSSR count). The van der Waals surface area contributed by atoms with E-state index in [1.807, 2.05) is 19.1 Å². The second kappa shape index (κ2) is 11.7. The third-order valence-corrected chi connectivity index (χ3v) is 5.32. The van der Waals surface area contributed by atoms with Crippen LogP contribution in [0.2, 0.25) is 0 Å². The molecule has 4 N–H and O–H groups in total. The van der Waals surface area contributed by atoms with Crippen LogP contribution in [0.5, 0.6) is 5.75 Å². The molecule has 0 bridgehead atoms. The summed E-state index contributed by atoms with van der Waals surface area (Å²) in [6.07, 6.45) is -0.875. The van der Waals surface area contributed by atoms with Crippen molar-refractivity contribution in [2.75, 3.05) is 18.5 Å². The lowest BCUT2D eigenvalue weighted by Crippen LogP contribution is -2.53. The number of ether oxygens (including phenoxy) is 1. The highest BCUT2D eigenvalue weighted by molar-refractivity contribution is 5.99. The van der Waals surface area contributed by atoms with Crippen molar-refractivity contribution in [2.24, 2.45) is 0 Å². The molecule has 0 aliphatic carbocycles. The fourth-order valence-electron chi connectivity index (χ4n) is 3.57. The smallest absolute Gasteiger partial charge is 0.408 e. The monoisotopic (exact) mass is 485 g/mol. The minimum absolute atomic E-state index is 0.0601. The number of rotatable bonds is 8. The van der Waals surface area contributed by atoms with Crippen molar-refractivity contribution in [3.8, 4) is 5.75 Å². The third-order valence-electron chi connectivity index (χ3n) is 5.32. The van der Waals surface area contributed by atoms with Gasteiger partial charge in [-0.25, -0.2) is 4.79 Å². The summed E-state index contributed by atoms with van der Waals surface area (Å²) in [5, 5.41) is 25.9. The maximum Gasteiger partial charge on any atom is 0.408 e. The number of benzene rings is 2. The molecule has 0 heterocycles. The first-order chi connectivity index (χ1) is 16.4. The zero-order valence-corrected chi connectivity index (χ0v) is 21.1. The largest absolute Gasteiger partial charge is 0.507 e. The predicted molar refractivity (Wildman–Crippen MR) is 133 cm³/mol. The summed E-state index contributed by atoms with van der Waals surface area (Å²) in [4.78, 5) is 40.5. The molecule has 2 aromatic rings. The van der Waals surface area contributed by atoms with Crippen molar-refractivity contribution < 1.29 is 29.3 Å². The molecule has 0 aliphatic rings. The lowest BCUT2D eigenvalue weighted by atomic mass is 9.99. The van der Waals surface area contributed by atoms with E-state index < -0.39 is 42.2 Å². The number of carbonyl (C=O) groups is 3. The molecule has 9 heteroatoms. The van der Waals surface area contributed by atoms with Crippen molar-refractivity contribution >= 4 is 23.6 Å². The Morgan fingerprint density at radius 2 is 1.66 bits per heavy atom. The molecule has 0 aromatic heterocycles. The SMILES string of the molecule is CCN(C(=O)C(CO)NC(=O)OC(C)(C)C)C(C(=O)Nc1ccccc1C)c1cccc(C)c1O. The molecular formula is C26H35N3O6. The molecule has 2 unspecified atom stereocenters. The minimum Gasteiger partial charge on any atom is -0.507 e. The zero-order valence-electron chi connectivity index (χ0n) is 21.1. The number of aliphatic hydroxyl groups is 1. The Bertz CT molecular complexity index is 1060. The van der Waals surface area contributed by atoms with E-state index in [2.05, 4.69) is 10.6 Å². The highest BCUT2D eigenvalue weighted by Crippen LogP contribution is 2.33. The molecule has 0 fully saturated rings. The number of carbonyl (C=O) groups excluding carboxylic acids is 3. The van der Waals surface area contributed by atoms with E-state index in [0.717, 1.165) is 5.56 Å². The number of aryl methyl sites for hydroxylation is 2. The number of nitrogens with zero attached hydrogens (tertiary/aromatic N) is 1. The fourth-order valence-corrected chi connectivity index (χ4v) is 3.57. The van der Waals surface area contributed by atoms with Crippen LogP contribution in [0, 0.1) is 13.8 Å². The van der Waals surface area contributed by atoms with Gasteiger partial charge in [-0.3, -0.25) is 9.59 Å². The van der Waals surface area contributed by atoms with E-state index in [1.54, 1.807) is 65.0 Å². The maximum atomic E-state index is 13.6. The highest BCUT2D eigenvalue weighted by Gasteiger charge is 2.37. The molecule has 2 atom stereocenters. The molecule has 9 nitrogen and oxygen atoms in total. The molecule has 0 aliphatic heterocycles. The van der Waals surface area contributed by atoms with Gasteiger partial charge in [0.25, 0.3) is 5.91 Å². The van der Waals surface area contributed by atoms with Crippen LogP contribution in [-0.2, 0) is 14.3 Å². The van der Waals surface area contributed by atoms with Crippen LogP contribution < -0.4 is 10.6 Å². The fraction of sp³-hybridized carbons (Fsp3) is 0.423. The average Bonchev–Trinajstić information content (AvgIpc) is 2.78. The number of phenols is 1. The van der Waals surface area contributed by atoms with Crippen molar-refractivity contribution in [3.05, 3.63) is 59.2 Å². The molecular weight excluding hydrogens is 450 g/mol. The van der Waals surface area contributed by atoms with E-state index in [1.165, 1.54) is 4.90 Å².